The molecule has 4 N–H and O–H groups in total. The van der Waals surface area contributed by atoms with Gasteiger partial charge in [0.2, 0.25) is 0 Å². The predicted molar refractivity (Wildman–Crippen MR) is 32.7 cm³/mol. The molecular formula is C6H5AgO4. The molecule has 0 amide bonds. The summed E-state index contributed by atoms with van der Waals surface area (Å²) in [6.07, 6.45) is 0. The maximum absolute atomic E-state index is 8.94. The van der Waals surface area contributed by atoms with Crippen LogP contribution in [0, 0.1) is 0 Å². The van der Waals surface area contributed by atoms with Crippen LogP contribution in [0.5, 0.6) is 23.0 Å². The molecule has 0 aliphatic carbocycles. The molecule has 0 heterocycles. The van der Waals surface area contributed by atoms with Crippen molar-refractivity contribution in [3.63, 3.8) is 0 Å². The van der Waals surface area contributed by atoms with E-state index in [2.05, 4.69) is 21.1 Å². The Morgan fingerprint density at radius 3 is 2.00 bits per heavy atom. The monoisotopic (exact) mass is 248 g/mol. The van der Waals surface area contributed by atoms with Crippen LogP contribution >= 0.6 is 0 Å². The van der Waals surface area contributed by atoms with Gasteiger partial charge in [0, 0.05) is 0 Å². The zero-order chi connectivity index (χ0) is 8.59. The second-order valence-corrected chi connectivity index (χ2v) is 2.68. The standard InChI is InChI=1S/C6H5O4.Ag/c7-3-1-2-4(8)6(10)5(3)9;/h1,7-10H;. The minimum atomic E-state index is -0.740. The normalized spacial score (nSPS) is 10.0. The molecule has 5 heteroatoms. The molecule has 0 aromatic heterocycles. The van der Waals surface area contributed by atoms with E-state index in [1.54, 1.807) is 0 Å². The molecule has 0 aliphatic heterocycles. The van der Waals surface area contributed by atoms with Gasteiger partial charge in [-0.25, -0.2) is 0 Å². The molecule has 0 unspecified atom stereocenters. The van der Waals surface area contributed by atoms with Crippen molar-refractivity contribution in [1.82, 2.24) is 0 Å². The van der Waals surface area contributed by atoms with E-state index in [4.69, 9.17) is 20.4 Å². The Bertz CT molecular complexity index is 271. The zero-order valence-corrected chi connectivity index (χ0v) is 6.65. The zero-order valence-electron chi connectivity index (χ0n) is 5.17. The van der Waals surface area contributed by atoms with Crippen molar-refractivity contribution in [3.8, 4) is 23.0 Å². The summed E-state index contributed by atoms with van der Waals surface area (Å²) in [6, 6.07) is 1.07. The fourth-order valence-electron chi connectivity index (χ4n) is 0.584. The van der Waals surface area contributed by atoms with Crippen molar-refractivity contribution in [1.29, 1.82) is 0 Å². The molecule has 0 atom stereocenters. The Kier molecular flexibility index (Phi) is 1.99. The SMILES string of the molecule is Oc1c[c]([Ag])c(O)c(O)c1O. The van der Waals surface area contributed by atoms with Crippen molar-refractivity contribution in [2.24, 2.45) is 0 Å². The van der Waals surface area contributed by atoms with Crippen LogP contribution in [0.4, 0.5) is 0 Å². The van der Waals surface area contributed by atoms with Crippen LogP contribution in [-0.2, 0) is 21.1 Å². The number of rotatable bonds is 0. The van der Waals surface area contributed by atoms with Gasteiger partial charge in [-0.1, -0.05) is 0 Å². The Morgan fingerprint density at radius 1 is 0.909 bits per heavy atom. The van der Waals surface area contributed by atoms with Gasteiger partial charge in [0.25, 0.3) is 0 Å². The molecule has 64 valence electrons. The van der Waals surface area contributed by atoms with E-state index in [0.717, 1.165) is 6.07 Å². The third-order valence-electron chi connectivity index (χ3n) is 1.15. The second-order valence-electron chi connectivity index (χ2n) is 1.88. The third kappa shape index (κ3) is 1.28. The van der Waals surface area contributed by atoms with Crippen LogP contribution in [0.3, 0.4) is 0 Å². The van der Waals surface area contributed by atoms with Gasteiger partial charge in [-0.2, -0.15) is 0 Å². The quantitative estimate of drug-likeness (QED) is 0.288. The summed E-state index contributed by atoms with van der Waals surface area (Å²) >= 11 is 2.87. The molecule has 0 spiro atoms. The number of phenols is 4. The summed E-state index contributed by atoms with van der Waals surface area (Å²) in [5.41, 5.74) is 0. The van der Waals surface area contributed by atoms with Crippen molar-refractivity contribution >= 4 is 3.78 Å². The van der Waals surface area contributed by atoms with Gasteiger partial charge in [-0.15, -0.1) is 0 Å². The number of benzene rings is 1. The van der Waals surface area contributed by atoms with Gasteiger partial charge >= 0.3 is 74.3 Å². The maximum atomic E-state index is 8.94. The third-order valence-corrected chi connectivity index (χ3v) is 1.72. The molecule has 0 radical (unpaired) electrons. The fourth-order valence-corrected chi connectivity index (χ4v) is 0.962. The van der Waals surface area contributed by atoms with Crippen LogP contribution in [0.1, 0.15) is 0 Å². The van der Waals surface area contributed by atoms with E-state index in [1.165, 1.54) is 0 Å². The molecule has 0 bridgehead atoms. The van der Waals surface area contributed by atoms with E-state index >= 15 is 0 Å². The molecule has 0 saturated carbocycles. The average Bonchev–Trinajstić information content (AvgIpc) is 1.97. The molecule has 1 rings (SSSR count). The molecular weight excluding hydrogens is 244 g/mol. The number of phenolic OH excluding ortho intramolecular Hbond substituents is 4. The van der Waals surface area contributed by atoms with Crippen LogP contribution in [0.15, 0.2) is 6.07 Å². The van der Waals surface area contributed by atoms with Gasteiger partial charge < -0.3 is 0 Å². The Balaban J connectivity index is 3.46. The topological polar surface area (TPSA) is 80.9 Å². The number of aromatic hydroxyl groups is 4. The van der Waals surface area contributed by atoms with Crippen LogP contribution in [-0.4, -0.2) is 20.4 Å². The van der Waals surface area contributed by atoms with Crippen molar-refractivity contribution in [2.45, 2.75) is 0 Å². The van der Waals surface area contributed by atoms with Crippen LogP contribution in [0.2, 0.25) is 0 Å². The first kappa shape index (κ1) is 8.26. The molecule has 1 aromatic carbocycles. The van der Waals surface area contributed by atoms with Crippen molar-refractivity contribution in [2.75, 3.05) is 0 Å². The Labute approximate surface area is 74.6 Å². The van der Waals surface area contributed by atoms with Gasteiger partial charge in [-0.3, -0.25) is 0 Å². The van der Waals surface area contributed by atoms with Gasteiger partial charge in [0.1, 0.15) is 0 Å². The van der Waals surface area contributed by atoms with E-state index in [1.807, 2.05) is 0 Å². The van der Waals surface area contributed by atoms with Crippen molar-refractivity contribution < 1.29 is 41.5 Å². The van der Waals surface area contributed by atoms with Gasteiger partial charge in [0.05, 0.1) is 0 Å². The summed E-state index contributed by atoms with van der Waals surface area (Å²) in [7, 11) is 0. The predicted octanol–water partition coefficient (Wildman–Crippen LogP) is -0.319. The summed E-state index contributed by atoms with van der Waals surface area (Å²) in [6.45, 7) is 0. The first-order chi connectivity index (χ1) is 5.04. The molecule has 0 fully saturated rings. The fraction of sp³-hybridized carbons (Fsp3) is 0. The molecule has 1 aromatic rings. The van der Waals surface area contributed by atoms with E-state index in [0.29, 0.717) is 0 Å². The Hall–Kier alpha value is -0.840. The molecule has 0 saturated heterocycles. The van der Waals surface area contributed by atoms with E-state index in [9.17, 15) is 0 Å². The van der Waals surface area contributed by atoms with Crippen LogP contribution in [0.25, 0.3) is 0 Å². The minimum absolute atomic E-state index is 0.114. The first-order valence-electron chi connectivity index (χ1n) is 2.62. The average molecular weight is 249 g/mol. The molecule has 0 aliphatic rings. The summed E-state index contributed by atoms with van der Waals surface area (Å²) in [5, 5.41) is 35.5. The van der Waals surface area contributed by atoms with Gasteiger partial charge in [0.15, 0.2) is 0 Å². The Morgan fingerprint density at radius 2 is 1.45 bits per heavy atom. The second kappa shape index (κ2) is 2.65. The molecule has 11 heavy (non-hydrogen) atoms. The van der Waals surface area contributed by atoms with E-state index < -0.39 is 23.0 Å². The van der Waals surface area contributed by atoms with Crippen molar-refractivity contribution in [3.05, 3.63) is 6.07 Å². The summed E-state index contributed by atoms with van der Waals surface area (Å²) in [4.78, 5) is 0. The van der Waals surface area contributed by atoms with E-state index in [-0.39, 0.29) is 3.78 Å². The summed E-state index contributed by atoms with van der Waals surface area (Å²) < 4.78 is 0.114. The number of hydrogen-bond donors (Lipinski definition) is 4. The number of hydrogen-bond acceptors (Lipinski definition) is 4. The van der Waals surface area contributed by atoms with Gasteiger partial charge in [-0.05, 0) is 0 Å². The summed E-state index contributed by atoms with van der Waals surface area (Å²) in [5.74, 6) is -2.47. The first-order valence-corrected chi connectivity index (χ1v) is 3.36. The van der Waals surface area contributed by atoms with Crippen LogP contribution < -0.4 is 3.78 Å². The molecule has 4 nitrogen and oxygen atoms in total.